The third-order valence-corrected chi connectivity index (χ3v) is 3.87. The van der Waals surface area contributed by atoms with Crippen molar-refractivity contribution in [1.29, 1.82) is 0 Å². The van der Waals surface area contributed by atoms with Crippen LogP contribution in [0.15, 0.2) is 12.1 Å². The first-order valence-corrected chi connectivity index (χ1v) is 6.98. The SMILES string of the molecule is COc1cc(C)cc(C)c1C(NN)C1CN(C)CCO1. The molecule has 0 aromatic heterocycles. The van der Waals surface area contributed by atoms with Crippen molar-refractivity contribution in [2.24, 2.45) is 5.84 Å². The first kappa shape index (κ1) is 15.3. The molecule has 1 aliphatic heterocycles. The number of hydrazine groups is 1. The van der Waals surface area contributed by atoms with Gasteiger partial charge >= 0.3 is 0 Å². The Labute approximate surface area is 121 Å². The summed E-state index contributed by atoms with van der Waals surface area (Å²) in [6, 6.07) is 4.11. The van der Waals surface area contributed by atoms with E-state index in [0.29, 0.717) is 0 Å². The summed E-state index contributed by atoms with van der Waals surface area (Å²) < 4.78 is 11.4. The molecule has 0 amide bonds. The van der Waals surface area contributed by atoms with Gasteiger partial charge in [-0.3, -0.25) is 11.3 Å². The predicted octanol–water partition coefficient (Wildman–Crippen LogP) is 1.15. The van der Waals surface area contributed by atoms with Crippen molar-refractivity contribution in [3.8, 4) is 5.75 Å². The number of methoxy groups -OCH3 is 1. The Kier molecular flexibility index (Phi) is 4.99. The maximum absolute atomic E-state index is 5.90. The second-order valence-corrected chi connectivity index (χ2v) is 5.51. The minimum Gasteiger partial charge on any atom is -0.496 e. The number of hydrogen-bond donors (Lipinski definition) is 2. The molecule has 0 spiro atoms. The third kappa shape index (κ3) is 3.12. The lowest BCUT2D eigenvalue weighted by Crippen LogP contribution is -2.48. The first-order valence-electron chi connectivity index (χ1n) is 6.98. The minimum absolute atomic E-state index is 0.0223. The molecule has 1 aromatic carbocycles. The quantitative estimate of drug-likeness (QED) is 0.639. The van der Waals surface area contributed by atoms with Crippen molar-refractivity contribution >= 4 is 0 Å². The molecule has 1 aromatic rings. The van der Waals surface area contributed by atoms with Crippen LogP contribution in [-0.4, -0.2) is 44.9 Å². The smallest absolute Gasteiger partial charge is 0.124 e. The van der Waals surface area contributed by atoms with Gasteiger partial charge in [-0.25, -0.2) is 0 Å². The maximum Gasteiger partial charge on any atom is 0.124 e. The van der Waals surface area contributed by atoms with Crippen molar-refractivity contribution in [3.63, 3.8) is 0 Å². The summed E-state index contributed by atoms with van der Waals surface area (Å²) in [5.74, 6) is 6.67. The monoisotopic (exact) mass is 279 g/mol. The van der Waals surface area contributed by atoms with Crippen LogP contribution in [0.4, 0.5) is 0 Å². The number of aryl methyl sites for hydroxylation is 2. The average molecular weight is 279 g/mol. The van der Waals surface area contributed by atoms with Crippen LogP contribution in [0.1, 0.15) is 22.7 Å². The summed E-state index contributed by atoms with van der Waals surface area (Å²) in [6.45, 7) is 6.69. The van der Waals surface area contributed by atoms with E-state index in [-0.39, 0.29) is 12.1 Å². The third-order valence-electron chi connectivity index (χ3n) is 3.87. The number of morpholine rings is 1. The Hall–Kier alpha value is -1.14. The Balaban J connectivity index is 2.36. The molecular formula is C15H25N3O2. The van der Waals surface area contributed by atoms with E-state index in [1.165, 1.54) is 11.1 Å². The van der Waals surface area contributed by atoms with Gasteiger partial charge < -0.3 is 14.4 Å². The standard InChI is InChI=1S/C15H25N3O2/c1-10-7-11(2)14(12(8-10)19-4)15(17-16)13-9-18(3)5-6-20-13/h7-8,13,15,17H,5-6,9,16H2,1-4H3. The molecule has 2 atom stereocenters. The average Bonchev–Trinajstić information content (AvgIpc) is 2.41. The van der Waals surface area contributed by atoms with Crippen LogP contribution in [0.2, 0.25) is 0 Å². The number of nitrogens with zero attached hydrogens (tertiary/aromatic N) is 1. The van der Waals surface area contributed by atoms with Crippen LogP contribution in [0.5, 0.6) is 5.75 Å². The molecule has 112 valence electrons. The lowest BCUT2D eigenvalue weighted by Gasteiger charge is -2.36. The molecule has 0 saturated carbocycles. The van der Waals surface area contributed by atoms with E-state index < -0.39 is 0 Å². The molecule has 0 aliphatic carbocycles. The summed E-state index contributed by atoms with van der Waals surface area (Å²) in [5.41, 5.74) is 6.35. The second kappa shape index (κ2) is 6.54. The van der Waals surface area contributed by atoms with Gasteiger partial charge in [0.15, 0.2) is 0 Å². The van der Waals surface area contributed by atoms with Crippen molar-refractivity contribution in [2.45, 2.75) is 26.0 Å². The van der Waals surface area contributed by atoms with Gasteiger partial charge in [-0.15, -0.1) is 0 Å². The number of nitrogens with two attached hydrogens (primary N) is 1. The molecule has 2 rings (SSSR count). The summed E-state index contributed by atoms with van der Waals surface area (Å²) >= 11 is 0. The van der Waals surface area contributed by atoms with Crippen molar-refractivity contribution in [1.82, 2.24) is 10.3 Å². The van der Waals surface area contributed by atoms with E-state index in [0.717, 1.165) is 31.0 Å². The molecule has 1 fully saturated rings. The normalized spacial score (nSPS) is 21.8. The molecule has 0 radical (unpaired) electrons. The van der Waals surface area contributed by atoms with Gasteiger partial charge in [0.25, 0.3) is 0 Å². The van der Waals surface area contributed by atoms with Gasteiger partial charge in [-0.1, -0.05) is 6.07 Å². The van der Waals surface area contributed by atoms with Gasteiger partial charge in [-0.2, -0.15) is 0 Å². The van der Waals surface area contributed by atoms with Crippen LogP contribution in [0.3, 0.4) is 0 Å². The van der Waals surface area contributed by atoms with E-state index >= 15 is 0 Å². The van der Waals surface area contributed by atoms with Crippen molar-refractivity contribution in [3.05, 3.63) is 28.8 Å². The fraction of sp³-hybridized carbons (Fsp3) is 0.600. The summed E-state index contributed by atoms with van der Waals surface area (Å²) in [7, 11) is 3.79. The van der Waals surface area contributed by atoms with E-state index in [4.69, 9.17) is 15.3 Å². The highest BCUT2D eigenvalue weighted by Gasteiger charge is 2.30. The molecule has 5 nitrogen and oxygen atoms in total. The Morgan fingerprint density at radius 2 is 2.20 bits per heavy atom. The molecule has 0 bridgehead atoms. The highest BCUT2D eigenvalue weighted by Crippen LogP contribution is 2.33. The zero-order valence-corrected chi connectivity index (χ0v) is 12.8. The Bertz CT molecular complexity index is 465. The van der Waals surface area contributed by atoms with Gasteiger partial charge in [-0.05, 0) is 38.1 Å². The number of hydrogen-bond acceptors (Lipinski definition) is 5. The predicted molar refractivity (Wildman–Crippen MR) is 79.8 cm³/mol. The lowest BCUT2D eigenvalue weighted by atomic mass is 9.94. The van der Waals surface area contributed by atoms with Crippen LogP contribution in [0, 0.1) is 13.8 Å². The largest absolute Gasteiger partial charge is 0.496 e. The van der Waals surface area contributed by atoms with E-state index in [1.807, 2.05) is 6.07 Å². The Morgan fingerprint density at radius 1 is 1.45 bits per heavy atom. The fourth-order valence-corrected chi connectivity index (χ4v) is 2.90. The van der Waals surface area contributed by atoms with E-state index in [1.54, 1.807) is 7.11 Å². The molecule has 3 N–H and O–H groups in total. The van der Waals surface area contributed by atoms with E-state index in [2.05, 4.69) is 37.3 Å². The summed E-state index contributed by atoms with van der Waals surface area (Å²) in [6.07, 6.45) is 0.0223. The lowest BCUT2D eigenvalue weighted by molar-refractivity contribution is -0.0397. The van der Waals surface area contributed by atoms with Crippen LogP contribution in [-0.2, 0) is 4.74 Å². The highest BCUT2D eigenvalue weighted by atomic mass is 16.5. The summed E-state index contributed by atoms with van der Waals surface area (Å²) in [5, 5.41) is 0. The highest BCUT2D eigenvalue weighted by molar-refractivity contribution is 5.45. The van der Waals surface area contributed by atoms with Crippen LogP contribution >= 0.6 is 0 Å². The van der Waals surface area contributed by atoms with Crippen molar-refractivity contribution < 1.29 is 9.47 Å². The Morgan fingerprint density at radius 3 is 2.80 bits per heavy atom. The molecular weight excluding hydrogens is 254 g/mol. The van der Waals surface area contributed by atoms with Gasteiger partial charge in [0.05, 0.1) is 25.9 Å². The zero-order chi connectivity index (χ0) is 14.7. The van der Waals surface area contributed by atoms with Gasteiger partial charge in [0, 0.05) is 18.7 Å². The fourth-order valence-electron chi connectivity index (χ4n) is 2.90. The summed E-state index contributed by atoms with van der Waals surface area (Å²) in [4.78, 5) is 2.26. The topological polar surface area (TPSA) is 59.8 Å². The van der Waals surface area contributed by atoms with Gasteiger partial charge in [0.1, 0.15) is 5.75 Å². The molecule has 1 heterocycles. The van der Waals surface area contributed by atoms with E-state index in [9.17, 15) is 0 Å². The molecule has 1 saturated heterocycles. The molecule has 1 aliphatic rings. The number of rotatable bonds is 4. The van der Waals surface area contributed by atoms with Crippen LogP contribution in [0.25, 0.3) is 0 Å². The zero-order valence-electron chi connectivity index (χ0n) is 12.8. The number of benzene rings is 1. The molecule has 5 heteroatoms. The number of ether oxygens (including phenoxy) is 2. The number of nitrogens with one attached hydrogen (secondary N) is 1. The number of likely N-dealkylation sites (N-methyl/N-ethyl adjacent to an activating group) is 1. The van der Waals surface area contributed by atoms with Crippen LogP contribution < -0.4 is 16.0 Å². The first-order chi connectivity index (χ1) is 9.56. The molecule has 2 unspecified atom stereocenters. The van der Waals surface area contributed by atoms with Crippen molar-refractivity contribution in [2.75, 3.05) is 33.9 Å². The second-order valence-electron chi connectivity index (χ2n) is 5.51. The van der Waals surface area contributed by atoms with Gasteiger partial charge in [0.2, 0.25) is 0 Å². The molecule has 20 heavy (non-hydrogen) atoms. The maximum atomic E-state index is 5.90. The minimum atomic E-state index is -0.0756.